The smallest absolute Gasteiger partial charge is 0.331 e. The number of nitrogens with one attached hydrogen (secondary N) is 1. The molecule has 0 bridgehead atoms. The quantitative estimate of drug-likeness (QED) is 0.495. The minimum atomic E-state index is -3.54. The highest BCUT2D eigenvalue weighted by molar-refractivity contribution is 7.89. The van der Waals surface area contributed by atoms with Gasteiger partial charge in [-0.15, -0.1) is 0 Å². The molecule has 0 aliphatic rings. The van der Waals surface area contributed by atoms with Gasteiger partial charge in [0.1, 0.15) is 0 Å². The second kappa shape index (κ2) is 9.68. The molecule has 3 N–H and O–H groups in total. The SMILES string of the molecule is CCN(CC)S(=O)(=O)c1ccc(/C=C/C(=O)OCC(=O)NC(N)=O)cc1. The summed E-state index contributed by atoms with van der Waals surface area (Å²) in [6.45, 7) is 3.61. The van der Waals surface area contributed by atoms with Gasteiger partial charge in [0.2, 0.25) is 10.0 Å². The number of nitrogens with zero attached hydrogens (tertiary/aromatic N) is 1. The predicted molar refractivity (Wildman–Crippen MR) is 94.3 cm³/mol. The first-order valence-corrected chi connectivity index (χ1v) is 9.19. The number of urea groups is 1. The van der Waals surface area contributed by atoms with Crippen molar-refractivity contribution in [1.82, 2.24) is 9.62 Å². The fraction of sp³-hybridized carbons (Fsp3) is 0.312. The normalized spacial score (nSPS) is 11.5. The van der Waals surface area contributed by atoms with E-state index >= 15 is 0 Å². The molecule has 10 heteroatoms. The molecule has 0 radical (unpaired) electrons. The van der Waals surface area contributed by atoms with Crippen LogP contribution in [0.1, 0.15) is 19.4 Å². The van der Waals surface area contributed by atoms with Crippen LogP contribution in [0.3, 0.4) is 0 Å². The molecule has 0 aliphatic carbocycles. The summed E-state index contributed by atoms with van der Waals surface area (Å²) < 4.78 is 30.7. The summed E-state index contributed by atoms with van der Waals surface area (Å²) in [5.74, 6) is -1.64. The van der Waals surface area contributed by atoms with Crippen LogP contribution in [0.2, 0.25) is 0 Å². The van der Waals surface area contributed by atoms with E-state index in [0.29, 0.717) is 18.7 Å². The Bertz CT molecular complexity index is 783. The van der Waals surface area contributed by atoms with E-state index in [1.54, 1.807) is 31.3 Å². The minimum Gasteiger partial charge on any atom is -0.452 e. The van der Waals surface area contributed by atoms with Crippen molar-refractivity contribution in [2.45, 2.75) is 18.7 Å². The summed E-state index contributed by atoms with van der Waals surface area (Å²) >= 11 is 0. The number of sulfonamides is 1. The first-order chi connectivity index (χ1) is 12.2. The third-order valence-electron chi connectivity index (χ3n) is 3.24. The molecule has 9 nitrogen and oxygen atoms in total. The van der Waals surface area contributed by atoms with Gasteiger partial charge >= 0.3 is 12.0 Å². The van der Waals surface area contributed by atoms with Crippen LogP contribution in [0, 0.1) is 0 Å². The highest BCUT2D eigenvalue weighted by Crippen LogP contribution is 2.16. The number of esters is 1. The Morgan fingerprint density at radius 2 is 1.73 bits per heavy atom. The molecule has 0 aromatic heterocycles. The molecular weight excluding hydrogens is 362 g/mol. The number of ether oxygens (including phenoxy) is 1. The average molecular weight is 383 g/mol. The van der Waals surface area contributed by atoms with Gasteiger partial charge in [-0.25, -0.2) is 18.0 Å². The molecule has 1 aromatic carbocycles. The Labute approximate surface area is 151 Å². The number of rotatable bonds is 8. The van der Waals surface area contributed by atoms with E-state index in [9.17, 15) is 22.8 Å². The highest BCUT2D eigenvalue weighted by Gasteiger charge is 2.20. The van der Waals surface area contributed by atoms with E-state index in [4.69, 9.17) is 5.73 Å². The van der Waals surface area contributed by atoms with Gasteiger partial charge in [-0.2, -0.15) is 4.31 Å². The van der Waals surface area contributed by atoms with E-state index in [-0.39, 0.29) is 4.90 Å². The fourth-order valence-corrected chi connectivity index (χ4v) is 3.44. The van der Waals surface area contributed by atoms with Crippen LogP contribution in [0.15, 0.2) is 35.2 Å². The summed E-state index contributed by atoms with van der Waals surface area (Å²) in [7, 11) is -3.54. The molecule has 0 fully saturated rings. The molecule has 142 valence electrons. The maximum Gasteiger partial charge on any atom is 0.331 e. The van der Waals surface area contributed by atoms with E-state index in [0.717, 1.165) is 6.08 Å². The molecule has 0 spiro atoms. The van der Waals surface area contributed by atoms with Crippen LogP contribution in [-0.4, -0.2) is 50.3 Å². The fourth-order valence-electron chi connectivity index (χ4n) is 1.99. The van der Waals surface area contributed by atoms with Gasteiger partial charge < -0.3 is 10.5 Å². The van der Waals surface area contributed by atoms with Crippen molar-refractivity contribution in [3.05, 3.63) is 35.9 Å². The van der Waals surface area contributed by atoms with Crippen molar-refractivity contribution < 1.29 is 27.5 Å². The first kappa shape index (κ1) is 21.3. The molecule has 1 aromatic rings. The van der Waals surface area contributed by atoms with Gasteiger partial charge in [-0.05, 0) is 23.8 Å². The Morgan fingerprint density at radius 3 is 2.23 bits per heavy atom. The molecule has 1 rings (SSSR count). The molecule has 0 saturated heterocycles. The largest absolute Gasteiger partial charge is 0.452 e. The molecule has 0 saturated carbocycles. The zero-order chi connectivity index (χ0) is 19.7. The minimum absolute atomic E-state index is 0.157. The van der Waals surface area contributed by atoms with Gasteiger partial charge in [0.05, 0.1) is 4.90 Å². The summed E-state index contributed by atoms with van der Waals surface area (Å²) in [5.41, 5.74) is 5.31. The molecule has 3 amide bonds. The number of carbonyl (C=O) groups excluding carboxylic acids is 3. The Balaban J connectivity index is 2.69. The van der Waals surface area contributed by atoms with Crippen LogP contribution in [0.4, 0.5) is 4.79 Å². The topological polar surface area (TPSA) is 136 Å². The van der Waals surface area contributed by atoms with Crippen LogP contribution >= 0.6 is 0 Å². The number of hydrogen-bond acceptors (Lipinski definition) is 6. The highest BCUT2D eigenvalue weighted by atomic mass is 32.2. The van der Waals surface area contributed by atoms with Gasteiger partial charge in [-0.1, -0.05) is 26.0 Å². The van der Waals surface area contributed by atoms with Crippen molar-refractivity contribution in [1.29, 1.82) is 0 Å². The number of amides is 3. The average Bonchev–Trinajstić information content (AvgIpc) is 2.58. The van der Waals surface area contributed by atoms with Gasteiger partial charge in [-0.3, -0.25) is 10.1 Å². The number of imide groups is 1. The Morgan fingerprint density at radius 1 is 1.15 bits per heavy atom. The lowest BCUT2D eigenvalue weighted by Crippen LogP contribution is -2.37. The van der Waals surface area contributed by atoms with Crippen molar-refractivity contribution in [3.63, 3.8) is 0 Å². The van der Waals surface area contributed by atoms with Crippen LogP contribution in [-0.2, 0) is 24.3 Å². The summed E-state index contributed by atoms with van der Waals surface area (Å²) in [6.07, 6.45) is 2.48. The van der Waals surface area contributed by atoms with Gasteiger partial charge in [0.15, 0.2) is 6.61 Å². The number of carbonyl (C=O) groups is 3. The van der Waals surface area contributed by atoms with Crippen molar-refractivity contribution in [3.8, 4) is 0 Å². The summed E-state index contributed by atoms with van der Waals surface area (Å²) in [5, 5.41) is 1.75. The van der Waals surface area contributed by atoms with Crippen molar-refractivity contribution in [2.75, 3.05) is 19.7 Å². The lowest BCUT2D eigenvalue weighted by atomic mass is 10.2. The van der Waals surface area contributed by atoms with Crippen LogP contribution in [0.5, 0.6) is 0 Å². The van der Waals surface area contributed by atoms with Crippen LogP contribution in [0.25, 0.3) is 6.08 Å². The molecule has 0 heterocycles. The standard InChI is InChI=1S/C16H21N3O6S/c1-3-19(4-2)26(23,24)13-8-5-12(6-9-13)7-10-15(21)25-11-14(20)18-16(17)22/h5-10H,3-4,11H2,1-2H3,(H3,17,18,20,22)/b10-7+. The number of benzene rings is 1. The summed E-state index contributed by atoms with van der Waals surface area (Å²) in [4.78, 5) is 33.2. The Hall–Kier alpha value is -2.72. The monoisotopic (exact) mass is 383 g/mol. The Kier molecular flexibility index (Phi) is 7.94. The lowest BCUT2D eigenvalue weighted by Gasteiger charge is -2.18. The van der Waals surface area contributed by atoms with E-state index in [1.165, 1.54) is 22.5 Å². The van der Waals surface area contributed by atoms with Crippen LogP contribution < -0.4 is 11.1 Å². The number of primary amides is 1. The second-order valence-corrected chi connectivity index (χ2v) is 6.95. The predicted octanol–water partition coefficient (Wildman–Crippen LogP) is 0.468. The molecule has 0 aliphatic heterocycles. The van der Waals surface area contributed by atoms with Gasteiger partial charge in [0.25, 0.3) is 5.91 Å². The van der Waals surface area contributed by atoms with E-state index < -0.39 is 34.5 Å². The number of nitrogens with two attached hydrogens (primary N) is 1. The summed E-state index contributed by atoms with van der Waals surface area (Å²) in [6, 6.07) is 4.93. The second-order valence-electron chi connectivity index (χ2n) is 5.01. The first-order valence-electron chi connectivity index (χ1n) is 7.75. The molecule has 0 atom stereocenters. The van der Waals surface area contributed by atoms with Gasteiger partial charge in [0, 0.05) is 19.2 Å². The number of hydrogen-bond donors (Lipinski definition) is 2. The van der Waals surface area contributed by atoms with Crippen molar-refractivity contribution >= 4 is 34.0 Å². The zero-order valence-corrected chi connectivity index (χ0v) is 15.3. The zero-order valence-electron chi connectivity index (χ0n) is 14.5. The molecule has 26 heavy (non-hydrogen) atoms. The molecule has 0 unspecified atom stereocenters. The maximum atomic E-state index is 12.4. The lowest BCUT2D eigenvalue weighted by molar-refractivity contribution is -0.143. The third-order valence-corrected chi connectivity index (χ3v) is 5.31. The molecular formula is C16H21N3O6S. The third kappa shape index (κ3) is 6.30. The van der Waals surface area contributed by atoms with E-state index in [2.05, 4.69) is 4.74 Å². The van der Waals surface area contributed by atoms with Crippen molar-refractivity contribution in [2.24, 2.45) is 5.73 Å². The maximum absolute atomic E-state index is 12.4. The van der Waals surface area contributed by atoms with E-state index in [1.807, 2.05) is 0 Å².